The Hall–Kier alpha value is -1.39. The lowest BCUT2D eigenvalue weighted by atomic mass is 10.1. The van der Waals surface area contributed by atoms with E-state index in [1.165, 1.54) is 5.56 Å². The highest BCUT2D eigenvalue weighted by Gasteiger charge is 2.16. The minimum atomic E-state index is 0.0956. The van der Waals surface area contributed by atoms with Crippen molar-refractivity contribution < 1.29 is 4.79 Å². The van der Waals surface area contributed by atoms with Gasteiger partial charge in [-0.05, 0) is 49.7 Å². The van der Waals surface area contributed by atoms with Crippen LogP contribution in [0.1, 0.15) is 17.5 Å². The Morgan fingerprint density at radius 3 is 3.06 bits per heavy atom. The minimum absolute atomic E-state index is 0.0956. The average molecular weight is 233 g/mol. The number of benzene rings is 1. The number of hydrogen-bond donors (Lipinski definition) is 3. The number of amides is 1. The van der Waals surface area contributed by atoms with Crippen LogP contribution in [0.15, 0.2) is 18.2 Å². The van der Waals surface area contributed by atoms with Gasteiger partial charge in [0.15, 0.2) is 0 Å². The molecule has 0 bridgehead atoms. The first-order chi connectivity index (χ1) is 8.29. The highest BCUT2D eigenvalue weighted by Crippen LogP contribution is 2.23. The second kappa shape index (κ2) is 5.80. The molecule has 4 N–H and O–H groups in total. The van der Waals surface area contributed by atoms with E-state index in [4.69, 9.17) is 5.73 Å². The van der Waals surface area contributed by atoms with Crippen LogP contribution in [0.2, 0.25) is 0 Å². The minimum Gasteiger partial charge on any atom is -0.330 e. The number of nitrogens with one attached hydrogen (secondary N) is 2. The predicted molar refractivity (Wildman–Crippen MR) is 69.0 cm³/mol. The molecule has 1 aliphatic heterocycles. The molecule has 0 aromatic heterocycles. The highest BCUT2D eigenvalue weighted by atomic mass is 16.1. The molecule has 0 saturated carbocycles. The van der Waals surface area contributed by atoms with E-state index in [2.05, 4.69) is 22.8 Å². The lowest BCUT2D eigenvalue weighted by Gasteiger charge is -2.05. The Morgan fingerprint density at radius 1 is 1.35 bits per heavy atom. The molecule has 0 aliphatic carbocycles. The Balaban J connectivity index is 1.82. The smallest absolute Gasteiger partial charge is 0.228 e. The Morgan fingerprint density at radius 2 is 2.24 bits per heavy atom. The van der Waals surface area contributed by atoms with Crippen molar-refractivity contribution in [2.75, 3.05) is 25.0 Å². The zero-order valence-electron chi connectivity index (χ0n) is 9.96. The van der Waals surface area contributed by atoms with E-state index < -0.39 is 0 Å². The molecular formula is C13H19N3O. The fourth-order valence-corrected chi connectivity index (χ4v) is 2.02. The van der Waals surface area contributed by atoms with E-state index in [1.54, 1.807) is 0 Å². The summed E-state index contributed by atoms with van der Waals surface area (Å²) in [6, 6.07) is 6.20. The summed E-state index contributed by atoms with van der Waals surface area (Å²) in [5, 5.41) is 6.19. The zero-order valence-corrected chi connectivity index (χ0v) is 9.96. The van der Waals surface area contributed by atoms with Crippen molar-refractivity contribution in [2.24, 2.45) is 5.73 Å². The van der Waals surface area contributed by atoms with Crippen LogP contribution in [-0.4, -0.2) is 25.5 Å². The first-order valence-corrected chi connectivity index (χ1v) is 6.12. The maximum absolute atomic E-state index is 11.2. The van der Waals surface area contributed by atoms with Gasteiger partial charge in [-0.3, -0.25) is 4.79 Å². The van der Waals surface area contributed by atoms with Gasteiger partial charge >= 0.3 is 0 Å². The van der Waals surface area contributed by atoms with Crippen molar-refractivity contribution in [2.45, 2.75) is 19.3 Å². The number of carbonyl (C=O) groups is 1. The van der Waals surface area contributed by atoms with Crippen LogP contribution in [0.3, 0.4) is 0 Å². The van der Waals surface area contributed by atoms with E-state index in [-0.39, 0.29) is 5.91 Å². The van der Waals surface area contributed by atoms with Crippen LogP contribution in [0.5, 0.6) is 0 Å². The topological polar surface area (TPSA) is 67.1 Å². The number of anilines is 1. The van der Waals surface area contributed by atoms with Crippen LogP contribution in [0, 0.1) is 0 Å². The molecule has 1 amide bonds. The van der Waals surface area contributed by atoms with Gasteiger partial charge in [0.05, 0.1) is 6.42 Å². The monoisotopic (exact) mass is 233 g/mol. The second-order valence-corrected chi connectivity index (χ2v) is 4.36. The van der Waals surface area contributed by atoms with Crippen LogP contribution < -0.4 is 16.4 Å². The van der Waals surface area contributed by atoms with E-state index in [1.807, 2.05) is 6.07 Å². The van der Waals surface area contributed by atoms with Crippen molar-refractivity contribution in [3.8, 4) is 0 Å². The lowest BCUT2D eigenvalue weighted by molar-refractivity contribution is -0.115. The van der Waals surface area contributed by atoms with Crippen LogP contribution in [0.4, 0.5) is 5.69 Å². The van der Waals surface area contributed by atoms with Gasteiger partial charge in [0.25, 0.3) is 0 Å². The molecule has 0 atom stereocenters. The average Bonchev–Trinajstić information content (AvgIpc) is 2.68. The Bertz CT molecular complexity index is 404. The third-order valence-corrected chi connectivity index (χ3v) is 2.94. The summed E-state index contributed by atoms with van der Waals surface area (Å²) < 4.78 is 0. The van der Waals surface area contributed by atoms with Crippen molar-refractivity contribution >= 4 is 11.6 Å². The number of carbonyl (C=O) groups excluding carboxylic acids is 1. The molecule has 0 spiro atoms. The molecule has 1 aliphatic rings. The molecule has 0 saturated heterocycles. The molecule has 4 heteroatoms. The summed E-state index contributed by atoms with van der Waals surface area (Å²) in [7, 11) is 0. The molecule has 92 valence electrons. The number of fused-ring (bicyclic) bond motifs is 1. The zero-order chi connectivity index (χ0) is 12.1. The van der Waals surface area contributed by atoms with Crippen molar-refractivity contribution in [1.82, 2.24) is 5.32 Å². The summed E-state index contributed by atoms with van der Waals surface area (Å²) in [5.41, 5.74) is 8.78. The Labute approximate surface area is 102 Å². The maximum atomic E-state index is 11.2. The molecule has 0 unspecified atom stereocenters. The van der Waals surface area contributed by atoms with Gasteiger partial charge < -0.3 is 16.4 Å². The van der Waals surface area contributed by atoms with E-state index in [0.29, 0.717) is 6.42 Å². The fourth-order valence-electron chi connectivity index (χ4n) is 2.02. The standard InChI is InChI=1S/C13H19N3O/c14-5-1-6-15-7-4-10-2-3-12-11(8-10)9-13(17)16-12/h2-3,8,15H,1,4-7,9,14H2,(H,16,17). The Kier molecular flexibility index (Phi) is 4.12. The van der Waals surface area contributed by atoms with Gasteiger partial charge in [-0.15, -0.1) is 0 Å². The van der Waals surface area contributed by atoms with Crippen molar-refractivity contribution in [3.63, 3.8) is 0 Å². The second-order valence-electron chi connectivity index (χ2n) is 4.36. The van der Waals surface area contributed by atoms with Gasteiger partial charge in [0, 0.05) is 5.69 Å². The fraction of sp³-hybridized carbons (Fsp3) is 0.462. The largest absolute Gasteiger partial charge is 0.330 e. The number of rotatable bonds is 6. The van der Waals surface area contributed by atoms with E-state index in [9.17, 15) is 4.79 Å². The molecule has 1 aromatic rings. The molecular weight excluding hydrogens is 214 g/mol. The van der Waals surface area contributed by atoms with Crippen molar-refractivity contribution in [1.29, 1.82) is 0 Å². The molecule has 1 aromatic carbocycles. The highest BCUT2D eigenvalue weighted by molar-refractivity contribution is 5.99. The van der Waals surface area contributed by atoms with Gasteiger partial charge in [-0.25, -0.2) is 0 Å². The lowest BCUT2D eigenvalue weighted by Crippen LogP contribution is -2.20. The maximum Gasteiger partial charge on any atom is 0.228 e. The van der Waals surface area contributed by atoms with E-state index >= 15 is 0 Å². The van der Waals surface area contributed by atoms with E-state index in [0.717, 1.165) is 43.7 Å². The first-order valence-electron chi connectivity index (χ1n) is 6.12. The molecule has 0 radical (unpaired) electrons. The van der Waals surface area contributed by atoms with Gasteiger partial charge in [0.2, 0.25) is 5.91 Å². The predicted octanol–water partition coefficient (Wildman–Crippen LogP) is 0.662. The third-order valence-electron chi connectivity index (χ3n) is 2.94. The molecule has 17 heavy (non-hydrogen) atoms. The van der Waals surface area contributed by atoms with Crippen LogP contribution >= 0.6 is 0 Å². The van der Waals surface area contributed by atoms with Gasteiger partial charge in [-0.1, -0.05) is 12.1 Å². The molecule has 0 fully saturated rings. The van der Waals surface area contributed by atoms with Gasteiger partial charge in [-0.2, -0.15) is 0 Å². The summed E-state index contributed by atoms with van der Waals surface area (Å²) in [6.07, 6.45) is 2.53. The third kappa shape index (κ3) is 3.28. The van der Waals surface area contributed by atoms with Crippen molar-refractivity contribution in [3.05, 3.63) is 29.3 Å². The summed E-state index contributed by atoms with van der Waals surface area (Å²) >= 11 is 0. The quantitative estimate of drug-likeness (QED) is 0.632. The normalized spacial score (nSPS) is 13.6. The summed E-state index contributed by atoms with van der Waals surface area (Å²) in [5.74, 6) is 0.0956. The van der Waals surface area contributed by atoms with Crippen LogP contribution in [-0.2, 0) is 17.6 Å². The summed E-state index contributed by atoms with van der Waals surface area (Å²) in [4.78, 5) is 11.2. The molecule has 4 nitrogen and oxygen atoms in total. The number of nitrogens with two attached hydrogens (primary N) is 1. The molecule has 2 rings (SSSR count). The van der Waals surface area contributed by atoms with Crippen LogP contribution in [0.25, 0.3) is 0 Å². The number of hydrogen-bond acceptors (Lipinski definition) is 3. The molecule has 1 heterocycles. The van der Waals surface area contributed by atoms with Gasteiger partial charge in [0.1, 0.15) is 0 Å². The summed E-state index contributed by atoms with van der Waals surface area (Å²) in [6.45, 7) is 2.67. The first kappa shape index (κ1) is 12.1. The SMILES string of the molecule is NCCCNCCc1ccc2c(c1)CC(=O)N2.